The highest BCUT2D eigenvalue weighted by Gasteiger charge is 2.54. The van der Waals surface area contributed by atoms with E-state index in [4.69, 9.17) is 11.6 Å². The lowest BCUT2D eigenvalue weighted by atomic mass is 9.94. The lowest BCUT2D eigenvalue weighted by molar-refractivity contribution is -0.192. The summed E-state index contributed by atoms with van der Waals surface area (Å²) in [5.41, 5.74) is -3.45. The number of benzene rings is 1. The molecule has 0 spiro atoms. The van der Waals surface area contributed by atoms with E-state index in [-0.39, 0.29) is 5.69 Å². The number of sulfonamides is 1. The van der Waals surface area contributed by atoms with E-state index >= 15 is 0 Å². The summed E-state index contributed by atoms with van der Waals surface area (Å²) < 4.78 is 95.8. The second kappa shape index (κ2) is 8.75. The second-order valence-electron chi connectivity index (χ2n) is 6.74. The second-order valence-corrected chi connectivity index (χ2v) is 8.80. The highest BCUT2D eigenvalue weighted by molar-refractivity contribution is 7.89. The zero-order valence-electron chi connectivity index (χ0n) is 16.6. The van der Waals surface area contributed by atoms with E-state index in [0.29, 0.717) is 0 Å². The molecule has 13 heteroatoms. The molecular weight excluding hydrogens is 469 g/mol. The molecule has 2 N–H and O–H groups in total. The minimum Gasteiger partial charge on any atom is -0.345 e. The normalized spacial score (nSPS) is 12.8. The Kier molecular flexibility index (Phi) is 7.08. The number of nitrogens with one attached hydrogen (secondary N) is 2. The molecule has 0 radical (unpaired) electrons. The number of anilines is 1. The Bertz CT molecular complexity index is 1100. The number of halogens is 6. The van der Waals surface area contributed by atoms with Gasteiger partial charge in [0.15, 0.2) is 5.82 Å². The minimum absolute atomic E-state index is 0.300. The van der Waals surface area contributed by atoms with E-state index < -0.39 is 67.7 Å². The maximum absolute atomic E-state index is 14.0. The molecule has 0 aliphatic heterocycles. The van der Waals surface area contributed by atoms with Gasteiger partial charge in [0.2, 0.25) is 10.0 Å². The van der Waals surface area contributed by atoms with Crippen LogP contribution in [0.1, 0.15) is 37.2 Å². The molecular formula is C18H19ClF5N3O3S. The summed E-state index contributed by atoms with van der Waals surface area (Å²) in [4.78, 5) is 11.9. The molecule has 0 saturated heterocycles. The summed E-state index contributed by atoms with van der Waals surface area (Å²) >= 11 is 5.45. The maximum atomic E-state index is 14.0. The summed E-state index contributed by atoms with van der Waals surface area (Å²) in [6.45, 7) is 2.40. The molecule has 0 unspecified atom stereocenters. The molecule has 6 nitrogen and oxygen atoms in total. The van der Waals surface area contributed by atoms with Crippen molar-refractivity contribution in [2.75, 3.05) is 5.32 Å². The molecule has 1 amide bonds. The van der Waals surface area contributed by atoms with Crippen LogP contribution in [0.15, 0.2) is 29.3 Å². The maximum Gasteiger partial charge on any atom is 0.407 e. The van der Waals surface area contributed by atoms with Crippen LogP contribution >= 0.6 is 11.6 Å². The average molecular weight is 488 g/mol. The van der Waals surface area contributed by atoms with Gasteiger partial charge in [-0.25, -0.2) is 17.2 Å². The van der Waals surface area contributed by atoms with Crippen LogP contribution in [0.3, 0.4) is 0 Å². The third-order valence-corrected chi connectivity index (χ3v) is 6.74. The standard InChI is InChI=1S/C18H19ClF5N3O3S/c1-4-17(5-2,18(22,23)24)26-31(29,30)10-8-13(27(3)9-10)16(28)25-12-7-6-11(20)14(19)15(12)21/h6-9,26H,4-5H2,1-3H3,(H,25,28). The van der Waals surface area contributed by atoms with Gasteiger partial charge in [-0.05, 0) is 31.0 Å². The van der Waals surface area contributed by atoms with Crippen LogP contribution in [0.2, 0.25) is 5.02 Å². The number of alkyl halides is 3. The van der Waals surface area contributed by atoms with Gasteiger partial charge in [0.1, 0.15) is 27.0 Å². The van der Waals surface area contributed by atoms with Gasteiger partial charge in [-0.1, -0.05) is 25.4 Å². The first kappa shape index (κ1) is 25.1. The van der Waals surface area contributed by atoms with Crippen LogP contribution in [0.5, 0.6) is 0 Å². The molecule has 2 rings (SSSR count). The lowest BCUT2D eigenvalue weighted by Crippen LogP contribution is -2.57. The topological polar surface area (TPSA) is 80.2 Å². The van der Waals surface area contributed by atoms with Crippen molar-refractivity contribution in [2.45, 2.75) is 43.3 Å². The van der Waals surface area contributed by atoms with Gasteiger partial charge in [0.05, 0.1) is 5.69 Å². The van der Waals surface area contributed by atoms with Gasteiger partial charge >= 0.3 is 6.18 Å². The molecule has 31 heavy (non-hydrogen) atoms. The predicted molar refractivity (Wildman–Crippen MR) is 104 cm³/mol. The predicted octanol–water partition coefficient (Wildman–Crippen LogP) is 4.61. The first-order valence-electron chi connectivity index (χ1n) is 8.91. The quantitative estimate of drug-likeness (QED) is 0.442. The highest BCUT2D eigenvalue weighted by Crippen LogP contribution is 2.37. The average Bonchev–Trinajstić information content (AvgIpc) is 3.08. The third kappa shape index (κ3) is 4.85. The fraction of sp³-hybridized carbons (Fsp3) is 0.389. The molecule has 0 atom stereocenters. The highest BCUT2D eigenvalue weighted by atomic mass is 35.5. The Hall–Kier alpha value is -2.18. The van der Waals surface area contributed by atoms with Crippen LogP contribution in [-0.2, 0) is 17.1 Å². The number of aryl methyl sites for hydroxylation is 1. The van der Waals surface area contributed by atoms with Crippen molar-refractivity contribution in [2.24, 2.45) is 7.05 Å². The molecule has 172 valence electrons. The largest absolute Gasteiger partial charge is 0.407 e. The molecule has 1 aromatic carbocycles. The fourth-order valence-electron chi connectivity index (χ4n) is 2.88. The van der Waals surface area contributed by atoms with Gasteiger partial charge in [-0.2, -0.15) is 17.9 Å². The molecule has 0 aliphatic carbocycles. The Labute approximate surface area is 180 Å². The molecule has 1 heterocycles. The number of carbonyl (C=O) groups is 1. The Balaban J connectivity index is 2.37. The van der Waals surface area contributed by atoms with Crippen LogP contribution in [0.25, 0.3) is 0 Å². The summed E-state index contributed by atoms with van der Waals surface area (Å²) in [5, 5.41) is 1.27. The molecule has 2 aromatic rings. The number of nitrogens with zero attached hydrogens (tertiary/aromatic N) is 1. The fourth-order valence-corrected chi connectivity index (χ4v) is 4.65. The summed E-state index contributed by atoms with van der Waals surface area (Å²) in [7, 11) is -3.39. The van der Waals surface area contributed by atoms with Gasteiger partial charge in [-0.3, -0.25) is 4.79 Å². The van der Waals surface area contributed by atoms with Crippen LogP contribution in [-0.4, -0.2) is 30.6 Å². The minimum atomic E-state index is -4.85. The third-order valence-electron chi connectivity index (χ3n) is 4.89. The molecule has 0 saturated carbocycles. The summed E-state index contributed by atoms with van der Waals surface area (Å²) in [5.74, 6) is -3.27. The Morgan fingerprint density at radius 2 is 1.74 bits per heavy atom. The van der Waals surface area contributed by atoms with E-state index in [0.717, 1.165) is 29.0 Å². The van der Waals surface area contributed by atoms with E-state index in [1.54, 1.807) is 4.72 Å². The number of hydrogen-bond donors (Lipinski definition) is 2. The molecule has 0 fully saturated rings. The van der Waals surface area contributed by atoms with E-state index in [1.807, 2.05) is 0 Å². The van der Waals surface area contributed by atoms with Crippen molar-refractivity contribution in [1.29, 1.82) is 0 Å². The monoisotopic (exact) mass is 487 g/mol. The van der Waals surface area contributed by atoms with E-state index in [1.165, 1.54) is 20.9 Å². The SMILES string of the molecule is CCC(CC)(NS(=O)(=O)c1cc(C(=O)Nc2ccc(F)c(Cl)c2F)n(C)c1)C(F)(F)F. The van der Waals surface area contributed by atoms with E-state index in [2.05, 4.69) is 5.32 Å². The Morgan fingerprint density at radius 3 is 2.26 bits per heavy atom. The van der Waals surface area contributed by atoms with Crippen molar-refractivity contribution >= 4 is 33.2 Å². The van der Waals surface area contributed by atoms with E-state index in [9.17, 15) is 35.2 Å². The first-order chi connectivity index (χ1) is 14.2. The summed E-state index contributed by atoms with van der Waals surface area (Å²) in [6.07, 6.45) is -5.00. The first-order valence-corrected chi connectivity index (χ1v) is 10.8. The van der Waals surface area contributed by atoms with Crippen molar-refractivity contribution in [1.82, 2.24) is 9.29 Å². The van der Waals surface area contributed by atoms with Gasteiger partial charge in [-0.15, -0.1) is 0 Å². The van der Waals surface area contributed by atoms with Gasteiger partial charge in [0.25, 0.3) is 5.91 Å². The molecule has 1 aromatic heterocycles. The number of amides is 1. The van der Waals surface area contributed by atoms with Crippen molar-refractivity contribution < 1.29 is 35.2 Å². The number of carbonyl (C=O) groups excluding carboxylic acids is 1. The van der Waals surface area contributed by atoms with Crippen molar-refractivity contribution in [3.05, 3.63) is 46.7 Å². The zero-order chi connectivity index (χ0) is 23.8. The molecule has 0 aliphatic rings. The smallest absolute Gasteiger partial charge is 0.345 e. The van der Waals surface area contributed by atoms with Crippen molar-refractivity contribution in [3.8, 4) is 0 Å². The lowest BCUT2D eigenvalue weighted by Gasteiger charge is -2.34. The molecule has 0 bridgehead atoms. The van der Waals surface area contributed by atoms with Crippen LogP contribution in [0.4, 0.5) is 27.6 Å². The van der Waals surface area contributed by atoms with Crippen LogP contribution in [0, 0.1) is 11.6 Å². The number of hydrogen-bond acceptors (Lipinski definition) is 3. The van der Waals surface area contributed by atoms with Gasteiger partial charge in [0, 0.05) is 13.2 Å². The zero-order valence-corrected chi connectivity index (χ0v) is 18.1. The number of aromatic nitrogens is 1. The number of rotatable bonds is 7. The van der Waals surface area contributed by atoms with Gasteiger partial charge < -0.3 is 9.88 Å². The Morgan fingerprint density at radius 1 is 1.16 bits per heavy atom. The van der Waals surface area contributed by atoms with Crippen molar-refractivity contribution in [3.63, 3.8) is 0 Å². The summed E-state index contributed by atoms with van der Waals surface area (Å²) in [6, 6.07) is 2.57. The van der Waals surface area contributed by atoms with Crippen LogP contribution < -0.4 is 10.0 Å².